The molecule has 0 aliphatic rings. The Hall–Kier alpha value is -3.80. The van der Waals surface area contributed by atoms with Crippen LogP contribution in [0.1, 0.15) is 31.1 Å². The molecule has 0 fully saturated rings. The molecule has 31 heavy (non-hydrogen) atoms. The molecule has 6 nitrogen and oxygen atoms in total. The van der Waals surface area contributed by atoms with Gasteiger partial charge in [0.15, 0.2) is 0 Å². The van der Waals surface area contributed by atoms with Crippen LogP contribution in [0.5, 0.6) is 5.75 Å². The zero-order chi connectivity index (χ0) is 22.2. The first-order valence-corrected chi connectivity index (χ1v) is 9.98. The van der Waals surface area contributed by atoms with Gasteiger partial charge >= 0.3 is 0 Å². The van der Waals surface area contributed by atoms with Crippen LogP contribution in [0.15, 0.2) is 65.1 Å². The first kappa shape index (κ1) is 20.5. The van der Waals surface area contributed by atoms with Crippen molar-refractivity contribution >= 4 is 45.1 Å². The number of furan rings is 1. The summed E-state index contributed by atoms with van der Waals surface area (Å²) >= 11 is 0. The highest BCUT2D eigenvalue weighted by atomic mass is 16.5. The highest BCUT2D eigenvalue weighted by Crippen LogP contribution is 2.36. The lowest BCUT2D eigenvalue weighted by atomic mass is 9.95. The summed E-state index contributed by atoms with van der Waals surface area (Å²) in [6, 6.07) is 18.2. The second-order valence-electron chi connectivity index (χ2n) is 8.39. The molecule has 1 heterocycles. The van der Waals surface area contributed by atoms with Crippen LogP contribution in [0.2, 0.25) is 0 Å². The van der Waals surface area contributed by atoms with Crippen molar-refractivity contribution in [3.63, 3.8) is 0 Å². The number of fused-ring (bicyclic) bond motifs is 3. The Balaban J connectivity index is 1.63. The zero-order valence-electron chi connectivity index (χ0n) is 17.9. The molecule has 6 heteroatoms. The van der Waals surface area contributed by atoms with Gasteiger partial charge in [0, 0.05) is 33.5 Å². The van der Waals surface area contributed by atoms with Crippen LogP contribution in [-0.4, -0.2) is 18.9 Å². The number of hydrogen-bond acceptors (Lipinski definition) is 4. The summed E-state index contributed by atoms with van der Waals surface area (Å²) in [6.07, 6.45) is 0. The van der Waals surface area contributed by atoms with E-state index in [2.05, 4.69) is 10.6 Å². The molecule has 0 saturated heterocycles. The molecule has 0 aliphatic heterocycles. The normalized spacial score (nSPS) is 11.5. The maximum atomic E-state index is 12.9. The third kappa shape index (κ3) is 4.10. The summed E-state index contributed by atoms with van der Waals surface area (Å²) in [6.45, 7) is 5.50. The van der Waals surface area contributed by atoms with Crippen molar-refractivity contribution < 1.29 is 18.7 Å². The fourth-order valence-corrected chi connectivity index (χ4v) is 3.27. The minimum atomic E-state index is -0.534. The van der Waals surface area contributed by atoms with Crippen molar-refractivity contribution in [2.24, 2.45) is 5.41 Å². The predicted molar refractivity (Wildman–Crippen MR) is 123 cm³/mol. The topological polar surface area (TPSA) is 80.6 Å². The van der Waals surface area contributed by atoms with Gasteiger partial charge in [-0.15, -0.1) is 0 Å². The predicted octanol–water partition coefficient (Wildman–Crippen LogP) is 5.83. The Bertz CT molecular complexity index is 1300. The molecule has 0 bridgehead atoms. The van der Waals surface area contributed by atoms with Crippen LogP contribution < -0.4 is 15.4 Å². The number of anilines is 2. The van der Waals surface area contributed by atoms with Crippen molar-refractivity contribution in [2.75, 3.05) is 17.7 Å². The Kier molecular flexibility index (Phi) is 5.15. The van der Waals surface area contributed by atoms with Gasteiger partial charge in [-0.1, -0.05) is 45.0 Å². The van der Waals surface area contributed by atoms with E-state index in [4.69, 9.17) is 9.15 Å². The van der Waals surface area contributed by atoms with E-state index in [1.807, 2.05) is 51.1 Å². The minimum absolute atomic E-state index is 0.123. The lowest BCUT2D eigenvalue weighted by Crippen LogP contribution is -2.27. The molecule has 0 unspecified atom stereocenters. The Labute approximate surface area is 180 Å². The molecule has 3 aromatic carbocycles. The molecule has 158 valence electrons. The van der Waals surface area contributed by atoms with Crippen molar-refractivity contribution in [3.8, 4) is 5.75 Å². The molecule has 0 atom stereocenters. The highest BCUT2D eigenvalue weighted by molar-refractivity contribution is 6.10. The number of carbonyl (C=O) groups excluding carboxylic acids is 2. The van der Waals surface area contributed by atoms with Gasteiger partial charge in [-0.05, 0) is 30.3 Å². The first-order valence-electron chi connectivity index (χ1n) is 9.98. The van der Waals surface area contributed by atoms with Crippen LogP contribution in [0.25, 0.3) is 21.9 Å². The number of rotatable bonds is 4. The Morgan fingerprint density at radius 1 is 0.871 bits per heavy atom. The number of hydrogen-bond donors (Lipinski definition) is 2. The van der Waals surface area contributed by atoms with Crippen molar-refractivity contribution in [3.05, 3.63) is 66.2 Å². The van der Waals surface area contributed by atoms with Crippen LogP contribution >= 0.6 is 0 Å². The number of methoxy groups -OCH3 is 1. The summed E-state index contributed by atoms with van der Waals surface area (Å²) < 4.78 is 11.4. The first-order chi connectivity index (χ1) is 14.8. The number of amides is 2. The number of benzene rings is 3. The maximum absolute atomic E-state index is 12.9. The summed E-state index contributed by atoms with van der Waals surface area (Å²) in [4.78, 5) is 25.2. The second kappa shape index (κ2) is 7.80. The van der Waals surface area contributed by atoms with Gasteiger partial charge in [-0.25, -0.2) is 0 Å². The summed E-state index contributed by atoms with van der Waals surface area (Å²) in [5.74, 6) is 0.0901. The standard InChI is InChI=1S/C25H24N2O4/c1-25(2,3)24(29)26-16-9-7-8-15(12-16)23(28)27-19-14-21-18(13-22(19)30-4)17-10-5-6-11-20(17)31-21/h5-14H,1-4H3,(H,26,29)(H,27,28). The van der Waals surface area contributed by atoms with E-state index in [-0.39, 0.29) is 11.8 Å². The molecule has 1 aromatic heterocycles. The number of nitrogens with one attached hydrogen (secondary N) is 2. The summed E-state index contributed by atoms with van der Waals surface area (Å²) in [5.41, 5.74) is 2.37. The van der Waals surface area contributed by atoms with Crippen molar-refractivity contribution in [2.45, 2.75) is 20.8 Å². The minimum Gasteiger partial charge on any atom is -0.495 e. The molecule has 2 N–H and O–H groups in total. The lowest BCUT2D eigenvalue weighted by Gasteiger charge is -2.18. The van der Waals surface area contributed by atoms with Gasteiger partial charge in [0.05, 0.1) is 12.8 Å². The fraction of sp³-hybridized carbons (Fsp3) is 0.200. The third-order valence-corrected chi connectivity index (χ3v) is 5.01. The van der Waals surface area contributed by atoms with Gasteiger partial charge in [0.25, 0.3) is 5.91 Å². The molecular weight excluding hydrogens is 392 g/mol. The molecule has 0 radical (unpaired) electrons. The molecule has 4 aromatic rings. The van der Waals surface area contributed by atoms with Gasteiger partial charge < -0.3 is 19.8 Å². The van der Waals surface area contributed by atoms with Gasteiger partial charge in [0.1, 0.15) is 16.9 Å². The number of carbonyl (C=O) groups is 2. The number of ether oxygens (including phenoxy) is 1. The van der Waals surface area contributed by atoms with E-state index < -0.39 is 5.41 Å². The quantitative estimate of drug-likeness (QED) is 0.438. The molecular formula is C25H24N2O4. The van der Waals surface area contributed by atoms with Crippen LogP contribution in [0.4, 0.5) is 11.4 Å². The summed E-state index contributed by atoms with van der Waals surface area (Å²) in [5, 5.41) is 7.63. The van der Waals surface area contributed by atoms with Gasteiger partial charge in [-0.2, -0.15) is 0 Å². The van der Waals surface area contributed by atoms with Crippen molar-refractivity contribution in [1.29, 1.82) is 0 Å². The zero-order valence-corrected chi connectivity index (χ0v) is 17.9. The molecule has 4 rings (SSSR count). The summed E-state index contributed by atoms with van der Waals surface area (Å²) in [7, 11) is 1.56. The van der Waals surface area contributed by atoms with E-state index in [9.17, 15) is 9.59 Å². The molecule has 0 spiro atoms. The monoisotopic (exact) mass is 416 g/mol. The van der Waals surface area contributed by atoms with E-state index in [1.54, 1.807) is 37.4 Å². The average molecular weight is 416 g/mol. The third-order valence-electron chi connectivity index (χ3n) is 5.01. The molecule has 2 amide bonds. The fourth-order valence-electron chi connectivity index (χ4n) is 3.27. The van der Waals surface area contributed by atoms with E-state index in [0.29, 0.717) is 28.3 Å². The Morgan fingerprint density at radius 2 is 1.65 bits per heavy atom. The van der Waals surface area contributed by atoms with Crippen molar-refractivity contribution in [1.82, 2.24) is 0 Å². The van der Waals surface area contributed by atoms with E-state index >= 15 is 0 Å². The van der Waals surface area contributed by atoms with Crippen LogP contribution in [0, 0.1) is 5.41 Å². The SMILES string of the molecule is COc1cc2c(cc1NC(=O)c1cccc(NC(=O)C(C)(C)C)c1)oc1ccccc12. The second-order valence-corrected chi connectivity index (χ2v) is 8.39. The molecule has 0 saturated carbocycles. The van der Waals surface area contributed by atoms with Crippen LogP contribution in [-0.2, 0) is 4.79 Å². The van der Waals surface area contributed by atoms with E-state index in [0.717, 1.165) is 16.4 Å². The van der Waals surface area contributed by atoms with Crippen LogP contribution in [0.3, 0.4) is 0 Å². The lowest BCUT2D eigenvalue weighted by molar-refractivity contribution is -0.123. The van der Waals surface area contributed by atoms with E-state index in [1.165, 1.54) is 0 Å². The average Bonchev–Trinajstić information content (AvgIpc) is 3.10. The Morgan fingerprint density at radius 3 is 2.39 bits per heavy atom. The molecule has 0 aliphatic carbocycles. The smallest absolute Gasteiger partial charge is 0.255 e. The van der Waals surface area contributed by atoms with Gasteiger partial charge in [-0.3, -0.25) is 9.59 Å². The maximum Gasteiger partial charge on any atom is 0.255 e. The largest absolute Gasteiger partial charge is 0.495 e. The number of para-hydroxylation sites is 1. The van der Waals surface area contributed by atoms with Gasteiger partial charge in [0.2, 0.25) is 5.91 Å². The highest BCUT2D eigenvalue weighted by Gasteiger charge is 2.21.